The molecule has 1 aliphatic heterocycles. The van der Waals surface area contributed by atoms with E-state index in [2.05, 4.69) is 5.32 Å². The van der Waals surface area contributed by atoms with Crippen molar-refractivity contribution in [1.82, 2.24) is 14.5 Å². The van der Waals surface area contributed by atoms with E-state index in [-0.39, 0.29) is 32.2 Å². The number of hydrogen-bond donors (Lipinski definition) is 1. The van der Waals surface area contributed by atoms with E-state index in [1.807, 2.05) is 30.3 Å². The van der Waals surface area contributed by atoms with Gasteiger partial charge in [-0.05, 0) is 36.6 Å². The van der Waals surface area contributed by atoms with Gasteiger partial charge in [-0.3, -0.25) is 0 Å². The maximum absolute atomic E-state index is 12.9. The molecule has 3 rings (SSSR count). The smallest absolute Gasteiger partial charge is 0.338 e. The molecule has 1 heterocycles. The quantitative estimate of drug-likeness (QED) is 0.680. The summed E-state index contributed by atoms with van der Waals surface area (Å²) in [7, 11) is -4.07. The lowest BCUT2D eigenvalue weighted by atomic mass is 10.1. The second-order valence-corrected chi connectivity index (χ2v) is 9.18. The van der Waals surface area contributed by atoms with Crippen molar-refractivity contribution in [2.45, 2.75) is 23.9 Å². The summed E-state index contributed by atoms with van der Waals surface area (Å²) in [5.41, 5.74) is 0.173. The maximum Gasteiger partial charge on any atom is 0.416 e. The fraction of sp³-hybridized carbons (Fsp3) is 0.381. The Balaban J connectivity index is 1.50. The predicted molar refractivity (Wildman–Crippen MR) is 110 cm³/mol. The van der Waals surface area contributed by atoms with E-state index in [4.69, 9.17) is 0 Å². The SMILES string of the molecule is O=C(NCCCc1ccccc1)N1CCN(S(=O)(=O)c2cccc(C(F)(F)F)c2)CC1. The highest BCUT2D eigenvalue weighted by atomic mass is 32.2. The van der Waals surface area contributed by atoms with E-state index in [1.54, 1.807) is 0 Å². The molecule has 0 radical (unpaired) electrons. The summed E-state index contributed by atoms with van der Waals surface area (Å²) in [6.07, 6.45) is -3.01. The van der Waals surface area contributed by atoms with Crippen LogP contribution < -0.4 is 5.32 Å². The van der Waals surface area contributed by atoms with Gasteiger partial charge in [0.25, 0.3) is 0 Å². The van der Waals surface area contributed by atoms with Gasteiger partial charge < -0.3 is 10.2 Å². The Labute approximate surface area is 179 Å². The molecule has 31 heavy (non-hydrogen) atoms. The van der Waals surface area contributed by atoms with Crippen LogP contribution in [-0.4, -0.2) is 56.4 Å². The normalized spacial score (nSPS) is 15.6. The Morgan fingerprint density at radius 1 is 0.968 bits per heavy atom. The molecule has 1 fully saturated rings. The molecule has 0 unspecified atom stereocenters. The molecule has 0 saturated carbocycles. The van der Waals surface area contributed by atoms with E-state index in [0.717, 1.165) is 35.3 Å². The van der Waals surface area contributed by atoms with E-state index in [0.29, 0.717) is 12.6 Å². The van der Waals surface area contributed by atoms with Gasteiger partial charge in [0.05, 0.1) is 10.5 Å². The first-order valence-electron chi connectivity index (χ1n) is 9.92. The molecule has 2 aromatic carbocycles. The first-order valence-corrected chi connectivity index (χ1v) is 11.4. The van der Waals surface area contributed by atoms with Crippen molar-refractivity contribution in [1.29, 1.82) is 0 Å². The van der Waals surface area contributed by atoms with Crippen LogP contribution in [-0.2, 0) is 22.6 Å². The molecule has 1 aliphatic rings. The van der Waals surface area contributed by atoms with E-state index >= 15 is 0 Å². The minimum Gasteiger partial charge on any atom is -0.338 e. The standard InChI is InChI=1S/C21H24F3N3O3S/c22-21(23,24)18-9-4-10-19(16-18)31(29,30)27-14-12-26(13-15-27)20(28)25-11-5-8-17-6-2-1-3-7-17/h1-4,6-7,9-10,16H,5,8,11-15H2,(H,25,28). The molecule has 6 nitrogen and oxygen atoms in total. The van der Waals surface area contributed by atoms with Gasteiger partial charge in [0.15, 0.2) is 0 Å². The van der Waals surface area contributed by atoms with Crippen LogP contribution in [0, 0.1) is 0 Å². The largest absolute Gasteiger partial charge is 0.416 e. The lowest BCUT2D eigenvalue weighted by molar-refractivity contribution is -0.137. The van der Waals surface area contributed by atoms with Gasteiger partial charge in [0.1, 0.15) is 0 Å². The number of sulfonamides is 1. The van der Waals surface area contributed by atoms with Crippen molar-refractivity contribution in [3.05, 3.63) is 65.7 Å². The van der Waals surface area contributed by atoms with Crippen LogP contribution in [0.3, 0.4) is 0 Å². The average molecular weight is 456 g/mol. The van der Waals surface area contributed by atoms with Crippen LogP contribution in [0.5, 0.6) is 0 Å². The van der Waals surface area contributed by atoms with Gasteiger partial charge in [-0.1, -0.05) is 36.4 Å². The fourth-order valence-electron chi connectivity index (χ4n) is 3.36. The van der Waals surface area contributed by atoms with Crippen molar-refractivity contribution < 1.29 is 26.4 Å². The van der Waals surface area contributed by atoms with Gasteiger partial charge >= 0.3 is 12.2 Å². The molecule has 0 aromatic heterocycles. The Morgan fingerprint density at radius 2 is 1.65 bits per heavy atom. The van der Waals surface area contributed by atoms with Crippen LogP contribution in [0.2, 0.25) is 0 Å². The molecule has 1 N–H and O–H groups in total. The Hall–Kier alpha value is -2.59. The molecule has 10 heteroatoms. The number of nitrogens with zero attached hydrogens (tertiary/aromatic N) is 2. The van der Waals surface area contributed by atoms with Crippen LogP contribution >= 0.6 is 0 Å². The number of hydrogen-bond acceptors (Lipinski definition) is 3. The second-order valence-electron chi connectivity index (χ2n) is 7.24. The number of carbonyl (C=O) groups excluding carboxylic acids is 1. The first kappa shape index (κ1) is 23.1. The molecule has 2 aromatic rings. The van der Waals surface area contributed by atoms with Crippen LogP contribution in [0.1, 0.15) is 17.5 Å². The summed E-state index contributed by atoms with van der Waals surface area (Å²) in [6.45, 7) is 0.883. The molecule has 0 spiro atoms. The summed E-state index contributed by atoms with van der Waals surface area (Å²) >= 11 is 0. The zero-order chi connectivity index (χ0) is 22.5. The maximum atomic E-state index is 12.9. The zero-order valence-corrected chi connectivity index (χ0v) is 17.6. The minimum atomic E-state index is -4.62. The number of urea groups is 1. The number of piperazine rings is 1. The third-order valence-corrected chi connectivity index (χ3v) is 6.98. The third-order valence-electron chi connectivity index (χ3n) is 5.09. The lowest BCUT2D eigenvalue weighted by Gasteiger charge is -2.34. The number of halogens is 3. The van der Waals surface area contributed by atoms with Crippen molar-refractivity contribution in [3.63, 3.8) is 0 Å². The van der Waals surface area contributed by atoms with Gasteiger partial charge in [0, 0.05) is 32.7 Å². The van der Waals surface area contributed by atoms with Gasteiger partial charge in [-0.25, -0.2) is 13.2 Å². The number of alkyl halides is 3. The summed E-state index contributed by atoms with van der Waals surface area (Å²) < 4.78 is 65.3. The molecular formula is C21H24F3N3O3S. The molecule has 0 aliphatic carbocycles. The summed E-state index contributed by atoms with van der Waals surface area (Å²) in [4.78, 5) is 13.4. The summed E-state index contributed by atoms with van der Waals surface area (Å²) in [5.74, 6) is 0. The molecule has 2 amide bonds. The van der Waals surface area contributed by atoms with Gasteiger partial charge in [-0.2, -0.15) is 17.5 Å². The molecule has 1 saturated heterocycles. The van der Waals surface area contributed by atoms with Crippen molar-refractivity contribution in [2.24, 2.45) is 0 Å². The van der Waals surface area contributed by atoms with Crippen LogP contribution in [0.15, 0.2) is 59.5 Å². The van der Waals surface area contributed by atoms with Crippen molar-refractivity contribution in [3.8, 4) is 0 Å². The molecular weight excluding hydrogens is 431 g/mol. The first-order chi connectivity index (χ1) is 14.7. The topological polar surface area (TPSA) is 69.7 Å². The van der Waals surface area contributed by atoms with E-state index < -0.39 is 26.7 Å². The second kappa shape index (κ2) is 9.69. The zero-order valence-electron chi connectivity index (χ0n) is 16.8. The van der Waals surface area contributed by atoms with Crippen LogP contribution in [0.25, 0.3) is 0 Å². The highest BCUT2D eigenvalue weighted by Crippen LogP contribution is 2.31. The number of nitrogens with one attached hydrogen (secondary N) is 1. The van der Waals surface area contributed by atoms with E-state index in [1.165, 1.54) is 10.5 Å². The monoisotopic (exact) mass is 455 g/mol. The number of rotatable bonds is 6. The summed E-state index contributed by atoms with van der Waals surface area (Å²) in [5, 5.41) is 2.83. The third kappa shape index (κ3) is 5.98. The highest BCUT2D eigenvalue weighted by molar-refractivity contribution is 7.89. The molecule has 0 bridgehead atoms. The molecule has 168 valence electrons. The lowest BCUT2D eigenvalue weighted by Crippen LogP contribution is -2.53. The van der Waals surface area contributed by atoms with Crippen LogP contribution in [0.4, 0.5) is 18.0 Å². The number of aryl methyl sites for hydroxylation is 1. The number of carbonyl (C=O) groups is 1. The molecule has 0 atom stereocenters. The van der Waals surface area contributed by atoms with Gasteiger partial charge in [0.2, 0.25) is 10.0 Å². The Morgan fingerprint density at radius 3 is 2.29 bits per heavy atom. The Bertz CT molecular complexity index is 990. The number of benzene rings is 2. The fourth-order valence-corrected chi connectivity index (χ4v) is 4.83. The van der Waals surface area contributed by atoms with E-state index in [9.17, 15) is 26.4 Å². The van der Waals surface area contributed by atoms with Crippen molar-refractivity contribution in [2.75, 3.05) is 32.7 Å². The predicted octanol–water partition coefficient (Wildman–Crippen LogP) is 3.35. The highest BCUT2D eigenvalue weighted by Gasteiger charge is 2.34. The van der Waals surface area contributed by atoms with Crippen molar-refractivity contribution >= 4 is 16.1 Å². The number of amides is 2. The average Bonchev–Trinajstić information content (AvgIpc) is 2.77. The Kier molecular flexibility index (Phi) is 7.22. The minimum absolute atomic E-state index is 0.0238. The summed E-state index contributed by atoms with van der Waals surface area (Å²) in [6, 6.07) is 13.3. The van der Waals surface area contributed by atoms with Gasteiger partial charge in [-0.15, -0.1) is 0 Å².